The van der Waals surface area contributed by atoms with Gasteiger partial charge in [-0.3, -0.25) is 0 Å². The van der Waals surface area contributed by atoms with E-state index < -0.39 is 0 Å². The molecule has 0 bridgehead atoms. The standard InChI is InChI=1S/C15H25NO2/c1-13(16(2)3)5-6-14-7-9-15(10-8-14)18-12-11-17-4/h7-10,13H,5-6,11-12H2,1-4H3. The van der Waals surface area contributed by atoms with Crippen LogP contribution in [0.5, 0.6) is 5.75 Å². The summed E-state index contributed by atoms with van der Waals surface area (Å²) in [5.74, 6) is 0.913. The van der Waals surface area contributed by atoms with Gasteiger partial charge in [-0.15, -0.1) is 0 Å². The van der Waals surface area contributed by atoms with Crippen molar-refractivity contribution in [3.8, 4) is 5.75 Å². The Bertz CT molecular complexity index is 322. The van der Waals surface area contributed by atoms with E-state index in [9.17, 15) is 0 Å². The van der Waals surface area contributed by atoms with Gasteiger partial charge in [-0.05, 0) is 51.6 Å². The maximum Gasteiger partial charge on any atom is 0.119 e. The highest BCUT2D eigenvalue weighted by atomic mass is 16.5. The Labute approximate surface area is 111 Å². The quantitative estimate of drug-likeness (QED) is 0.663. The van der Waals surface area contributed by atoms with E-state index in [1.165, 1.54) is 12.0 Å². The largest absolute Gasteiger partial charge is 0.491 e. The molecule has 0 aliphatic heterocycles. The second-order valence-corrected chi connectivity index (χ2v) is 4.84. The summed E-state index contributed by atoms with van der Waals surface area (Å²) in [6, 6.07) is 8.97. The third-order valence-electron chi connectivity index (χ3n) is 3.21. The number of nitrogens with zero attached hydrogens (tertiary/aromatic N) is 1. The van der Waals surface area contributed by atoms with Gasteiger partial charge in [0.1, 0.15) is 12.4 Å². The van der Waals surface area contributed by atoms with Gasteiger partial charge in [0.05, 0.1) is 6.61 Å². The van der Waals surface area contributed by atoms with Crippen LogP contribution in [-0.4, -0.2) is 45.4 Å². The molecule has 1 aromatic rings. The molecule has 0 aliphatic carbocycles. The first-order valence-corrected chi connectivity index (χ1v) is 6.50. The molecule has 0 N–H and O–H groups in total. The summed E-state index contributed by atoms with van der Waals surface area (Å²) >= 11 is 0. The molecular formula is C15H25NO2. The van der Waals surface area contributed by atoms with Gasteiger partial charge in [-0.1, -0.05) is 12.1 Å². The lowest BCUT2D eigenvalue weighted by Gasteiger charge is -2.19. The Kier molecular flexibility index (Phi) is 6.76. The summed E-state index contributed by atoms with van der Waals surface area (Å²) in [6.07, 6.45) is 2.29. The number of benzene rings is 1. The van der Waals surface area contributed by atoms with E-state index in [0.29, 0.717) is 19.3 Å². The smallest absolute Gasteiger partial charge is 0.119 e. The van der Waals surface area contributed by atoms with Crippen molar-refractivity contribution in [2.24, 2.45) is 0 Å². The van der Waals surface area contributed by atoms with Gasteiger partial charge < -0.3 is 14.4 Å². The summed E-state index contributed by atoms with van der Waals surface area (Å²) < 4.78 is 10.5. The average molecular weight is 251 g/mol. The fourth-order valence-electron chi connectivity index (χ4n) is 1.63. The minimum atomic E-state index is 0.605. The first-order valence-electron chi connectivity index (χ1n) is 6.50. The number of hydrogen-bond donors (Lipinski definition) is 0. The molecule has 0 radical (unpaired) electrons. The van der Waals surface area contributed by atoms with Crippen LogP contribution in [-0.2, 0) is 11.2 Å². The first-order chi connectivity index (χ1) is 8.63. The number of methoxy groups -OCH3 is 1. The van der Waals surface area contributed by atoms with E-state index in [4.69, 9.17) is 9.47 Å². The fraction of sp³-hybridized carbons (Fsp3) is 0.600. The van der Waals surface area contributed by atoms with Crippen molar-refractivity contribution in [3.63, 3.8) is 0 Å². The fourth-order valence-corrected chi connectivity index (χ4v) is 1.63. The Morgan fingerprint density at radius 3 is 2.33 bits per heavy atom. The van der Waals surface area contributed by atoms with E-state index in [1.54, 1.807) is 7.11 Å². The molecule has 0 aromatic heterocycles. The SMILES string of the molecule is COCCOc1ccc(CCC(C)N(C)C)cc1. The maximum absolute atomic E-state index is 5.53. The van der Waals surface area contributed by atoms with Crippen molar-refractivity contribution in [2.45, 2.75) is 25.8 Å². The molecule has 3 heteroatoms. The Hall–Kier alpha value is -1.06. The molecular weight excluding hydrogens is 226 g/mol. The van der Waals surface area contributed by atoms with Crippen molar-refractivity contribution < 1.29 is 9.47 Å². The van der Waals surface area contributed by atoms with E-state index in [2.05, 4.69) is 38.1 Å². The third-order valence-corrected chi connectivity index (χ3v) is 3.21. The lowest BCUT2D eigenvalue weighted by atomic mass is 10.1. The van der Waals surface area contributed by atoms with Crippen LogP contribution in [0.4, 0.5) is 0 Å². The second-order valence-electron chi connectivity index (χ2n) is 4.84. The Morgan fingerprint density at radius 1 is 1.11 bits per heavy atom. The first kappa shape index (κ1) is 15.0. The van der Waals surface area contributed by atoms with Gasteiger partial charge >= 0.3 is 0 Å². The lowest BCUT2D eigenvalue weighted by molar-refractivity contribution is 0.146. The highest BCUT2D eigenvalue weighted by Crippen LogP contribution is 2.14. The summed E-state index contributed by atoms with van der Waals surface area (Å²) in [5, 5.41) is 0. The van der Waals surface area contributed by atoms with Crippen molar-refractivity contribution in [3.05, 3.63) is 29.8 Å². The number of hydrogen-bond acceptors (Lipinski definition) is 3. The molecule has 0 fully saturated rings. The summed E-state index contributed by atoms with van der Waals surface area (Å²) in [6.45, 7) is 3.48. The zero-order valence-electron chi connectivity index (χ0n) is 12.0. The molecule has 3 nitrogen and oxygen atoms in total. The Morgan fingerprint density at radius 2 is 1.78 bits per heavy atom. The zero-order valence-corrected chi connectivity index (χ0v) is 12.0. The van der Waals surface area contributed by atoms with Crippen LogP contribution in [0.1, 0.15) is 18.9 Å². The summed E-state index contributed by atoms with van der Waals surface area (Å²) in [7, 11) is 5.92. The third kappa shape index (κ3) is 5.52. The molecule has 1 atom stereocenters. The van der Waals surface area contributed by atoms with Gasteiger partial charge in [0.15, 0.2) is 0 Å². The molecule has 102 valence electrons. The summed E-state index contributed by atoms with van der Waals surface area (Å²) in [5.41, 5.74) is 1.36. The molecule has 0 amide bonds. The van der Waals surface area contributed by atoms with Gasteiger partial charge in [0.25, 0.3) is 0 Å². The van der Waals surface area contributed by atoms with Gasteiger partial charge in [-0.25, -0.2) is 0 Å². The number of rotatable bonds is 8. The van der Waals surface area contributed by atoms with Crippen LogP contribution in [0.25, 0.3) is 0 Å². The molecule has 1 aromatic carbocycles. The maximum atomic E-state index is 5.53. The number of aryl methyl sites for hydroxylation is 1. The van der Waals surface area contributed by atoms with Crippen LogP contribution in [0.2, 0.25) is 0 Å². The van der Waals surface area contributed by atoms with E-state index in [1.807, 2.05) is 12.1 Å². The highest BCUT2D eigenvalue weighted by Gasteiger charge is 2.04. The van der Waals surface area contributed by atoms with Gasteiger partial charge in [0.2, 0.25) is 0 Å². The molecule has 0 heterocycles. The average Bonchev–Trinajstić information content (AvgIpc) is 2.37. The molecule has 0 saturated carbocycles. The van der Waals surface area contributed by atoms with Crippen LogP contribution >= 0.6 is 0 Å². The second kappa shape index (κ2) is 8.11. The molecule has 1 unspecified atom stereocenters. The predicted molar refractivity (Wildman–Crippen MR) is 75.3 cm³/mol. The van der Waals surface area contributed by atoms with Gasteiger partial charge in [0, 0.05) is 13.2 Å². The van der Waals surface area contributed by atoms with Crippen molar-refractivity contribution >= 4 is 0 Å². The minimum absolute atomic E-state index is 0.605. The van der Waals surface area contributed by atoms with Gasteiger partial charge in [-0.2, -0.15) is 0 Å². The van der Waals surface area contributed by atoms with E-state index in [0.717, 1.165) is 12.2 Å². The van der Waals surface area contributed by atoms with Crippen molar-refractivity contribution in [1.29, 1.82) is 0 Å². The molecule has 0 saturated heterocycles. The zero-order chi connectivity index (χ0) is 13.4. The normalized spacial score (nSPS) is 12.7. The minimum Gasteiger partial charge on any atom is -0.491 e. The molecule has 0 spiro atoms. The molecule has 18 heavy (non-hydrogen) atoms. The van der Waals surface area contributed by atoms with Crippen molar-refractivity contribution in [1.82, 2.24) is 4.90 Å². The van der Waals surface area contributed by atoms with Crippen LogP contribution < -0.4 is 4.74 Å². The Balaban J connectivity index is 2.35. The van der Waals surface area contributed by atoms with Crippen molar-refractivity contribution in [2.75, 3.05) is 34.4 Å². The van der Waals surface area contributed by atoms with E-state index >= 15 is 0 Å². The van der Waals surface area contributed by atoms with Crippen LogP contribution in [0.15, 0.2) is 24.3 Å². The monoisotopic (exact) mass is 251 g/mol. The highest BCUT2D eigenvalue weighted by molar-refractivity contribution is 5.27. The summed E-state index contributed by atoms with van der Waals surface area (Å²) in [4.78, 5) is 2.25. The topological polar surface area (TPSA) is 21.7 Å². The number of ether oxygens (including phenoxy) is 2. The van der Waals surface area contributed by atoms with E-state index in [-0.39, 0.29) is 0 Å². The van der Waals surface area contributed by atoms with Crippen LogP contribution in [0, 0.1) is 0 Å². The lowest BCUT2D eigenvalue weighted by Crippen LogP contribution is -2.24. The molecule has 1 rings (SSSR count). The van der Waals surface area contributed by atoms with Crippen LogP contribution in [0.3, 0.4) is 0 Å². The molecule has 0 aliphatic rings. The predicted octanol–water partition coefficient (Wildman–Crippen LogP) is 2.59.